The predicted molar refractivity (Wildman–Crippen MR) is 99.7 cm³/mol. The van der Waals surface area contributed by atoms with Gasteiger partial charge >= 0.3 is 5.97 Å². The fourth-order valence-corrected chi connectivity index (χ4v) is 4.30. The number of nitrogens with zero attached hydrogens (tertiary/aromatic N) is 1. The van der Waals surface area contributed by atoms with Crippen LogP contribution in [0.15, 0.2) is 41.3 Å². The summed E-state index contributed by atoms with van der Waals surface area (Å²) in [4.78, 5) is 10.9. The molecule has 0 aromatic heterocycles. The highest BCUT2D eigenvalue weighted by Gasteiger charge is 2.28. The number of carboxylic acid groups (broad SMARTS) is 1. The van der Waals surface area contributed by atoms with Crippen LogP contribution in [0.4, 0.5) is 5.69 Å². The van der Waals surface area contributed by atoms with Gasteiger partial charge in [-0.05, 0) is 36.4 Å². The predicted octanol–water partition coefficient (Wildman–Crippen LogP) is 4.97. The largest absolute Gasteiger partial charge is 0.481 e. The van der Waals surface area contributed by atoms with Crippen molar-refractivity contribution in [1.82, 2.24) is 0 Å². The van der Waals surface area contributed by atoms with Gasteiger partial charge in [-0.2, -0.15) is 0 Å². The molecular weight excluding hydrogens is 432 g/mol. The molecule has 5 nitrogen and oxygen atoms in total. The average Bonchev–Trinajstić information content (AvgIpc) is 2.52. The molecule has 2 rings (SSSR count). The normalized spacial score (nSPS) is 11.4. The number of carbonyl (C=O) groups is 1. The van der Waals surface area contributed by atoms with Crippen LogP contribution in [-0.4, -0.2) is 26.0 Å². The molecule has 25 heavy (non-hydrogen) atoms. The van der Waals surface area contributed by atoms with Crippen molar-refractivity contribution in [1.29, 1.82) is 0 Å². The molecule has 2 aromatic carbocycles. The topological polar surface area (TPSA) is 74.7 Å². The minimum Gasteiger partial charge on any atom is -0.481 e. The van der Waals surface area contributed by atoms with E-state index in [4.69, 9.17) is 51.5 Å². The molecule has 0 atom stereocenters. The Balaban J connectivity index is 2.58. The highest BCUT2D eigenvalue weighted by Crippen LogP contribution is 2.37. The molecule has 1 N–H and O–H groups in total. The Hall–Kier alpha value is -1.18. The molecule has 10 heteroatoms. The lowest BCUT2D eigenvalue weighted by Gasteiger charge is -2.25. The minimum atomic E-state index is -4.09. The Bertz CT molecular complexity index is 900. The van der Waals surface area contributed by atoms with Crippen LogP contribution in [0, 0.1) is 0 Å². The third-order valence-electron chi connectivity index (χ3n) is 3.19. The van der Waals surface area contributed by atoms with Crippen LogP contribution < -0.4 is 4.31 Å². The summed E-state index contributed by atoms with van der Waals surface area (Å²) in [7, 11) is -4.09. The van der Waals surface area contributed by atoms with Gasteiger partial charge in [0.25, 0.3) is 10.0 Å². The molecule has 0 aliphatic rings. The quantitative estimate of drug-likeness (QED) is 0.640. The van der Waals surface area contributed by atoms with Crippen molar-refractivity contribution in [3.8, 4) is 0 Å². The van der Waals surface area contributed by atoms with E-state index in [0.717, 1.165) is 4.31 Å². The Kier molecular flexibility index (Phi) is 6.45. The second-order valence-corrected chi connectivity index (χ2v) is 8.41. The van der Waals surface area contributed by atoms with Gasteiger partial charge in [0, 0.05) is 11.6 Å². The second kappa shape index (κ2) is 8.01. The maximum Gasteiger partial charge on any atom is 0.305 e. The summed E-state index contributed by atoms with van der Waals surface area (Å²) in [6.45, 7) is -0.335. The van der Waals surface area contributed by atoms with E-state index < -0.39 is 22.4 Å². The molecule has 0 saturated carbocycles. The molecule has 134 valence electrons. The second-order valence-electron chi connectivity index (χ2n) is 4.89. The lowest BCUT2D eigenvalue weighted by atomic mass is 10.3. The summed E-state index contributed by atoms with van der Waals surface area (Å²) < 4.78 is 26.8. The number of sulfonamides is 1. The van der Waals surface area contributed by atoms with Crippen LogP contribution in [0.25, 0.3) is 0 Å². The maximum absolute atomic E-state index is 13.0. The van der Waals surface area contributed by atoms with Crippen LogP contribution in [-0.2, 0) is 14.8 Å². The van der Waals surface area contributed by atoms with Gasteiger partial charge < -0.3 is 5.11 Å². The highest BCUT2D eigenvalue weighted by atomic mass is 35.5. The third kappa shape index (κ3) is 4.71. The Morgan fingerprint density at radius 3 is 2.08 bits per heavy atom. The summed E-state index contributed by atoms with van der Waals surface area (Å²) in [5, 5.41) is 9.56. The molecule has 0 aliphatic carbocycles. The number of hydrogen-bond donors (Lipinski definition) is 1. The van der Waals surface area contributed by atoms with Crippen LogP contribution in [0.2, 0.25) is 20.1 Å². The zero-order chi connectivity index (χ0) is 18.8. The van der Waals surface area contributed by atoms with Gasteiger partial charge in [-0.15, -0.1) is 0 Å². The van der Waals surface area contributed by atoms with Crippen LogP contribution in [0.5, 0.6) is 0 Å². The summed E-state index contributed by atoms with van der Waals surface area (Å²) in [5.74, 6) is -1.16. The zero-order valence-corrected chi connectivity index (χ0v) is 16.3. The standard InChI is InChI=1S/C15H11Cl4NO4S/c16-9-1-3-10(4-2-9)25(23,24)20(6-5-15(21)22)14-8-12(18)11(17)7-13(14)19/h1-4,7-8H,5-6H2,(H,21,22). The molecule has 0 fully saturated rings. The number of carboxylic acids is 1. The van der Waals surface area contributed by atoms with E-state index in [1.165, 1.54) is 36.4 Å². The average molecular weight is 443 g/mol. The van der Waals surface area contributed by atoms with E-state index in [1.54, 1.807) is 0 Å². The first-order valence-corrected chi connectivity index (χ1v) is 9.73. The molecule has 0 spiro atoms. The van der Waals surface area contributed by atoms with E-state index in [0.29, 0.717) is 5.02 Å². The van der Waals surface area contributed by atoms with Gasteiger partial charge in [0.2, 0.25) is 0 Å². The van der Waals surface area contributed by atoms with Crippen LogP contribution >= 0.6 is 46.4 Å². The van der Waals surface area contributed by atoms with Gasteiger partial charge in [0.15, 0.2) is 0 Å². The number of hydrogen-bond acceptors (Lipinski definition) is 3. The molecular formula is C15H11Cl4NO4S. The van der Waals surface area contributed by atoms with E-state index in [2.05, 4.69) is 0 Å². The van der Waals surface area contributed by atoms with Gasteiger partial charge in [-0.1, -0.05) is 46.4 Å². The lowest BCUT2D eigenvalue weighted by molar-refractivity contribution is -0.136. The number of rotatable bonds is 6. The summed E-state index contributed by atoms with van der Waals surface area (Å²) in [6, 6.07) is 8.04. The molecule has 0 unspecified atom stereocenters. The van der Waals surface area contributed by atoms with Crippen molar-refractivity contribution in [2.45, 2.75) is 11.3 Å². The lowest BCUT2D eigenvalue weighted by Crippen LogP contribution is -2.33. The van der Waals surface area contributed by atoms with E-state index in [1.807, 2.05) is 0 Å². The molecule has 0 aliphatic heterocycles. The summed E-state index contributed by atoms with van der Waals surface area (Å²) in [6.07, 6.45) is -0.427. The maximum atomic E-state index is 13.0. The van der Waals surface area contributed by atoms with Gasteiger partial charge in [-0.3, -0.25) is 9.10 Å². The zero-order valence-electron chi connectivity index (χ0n) is 12.4. The first-order chi connectivity index (χ1) is 11.6. The fourth-order valence-electron chi connectivity index (χ4n) is 2.00. The fraction of sp³-hybridized carbons (Fsp3) is 0.133. The number of anilines is 1. The Labute approximate surface area is 164 Å². The smallest absolute Gasteiger partial charge is 0.305 e. The monoisotopic (exact) mass is 441 g/mol. The third-order valence-corrected chi connectivity index (χ3v) is 6.29. The molecule has 0 amide bonds. The van der Waals surface area contributed by atoms with Gasteiger partial charge in [0.05, 0.1) is 32.1 Å². The van der Waals surface area contributed by atoms with Crippen molar-refractivity contribution in [3.63, 3.8) is 0 Å². The van der Waals surface area contributed by atoms with Crippen LogP contribution in [0.3, 0.4) is 0 Å². The summed E-state index contributed by atoms with van der Waals surface area (Å²) in [5.41, 5.74) is 0.0345. The number of halogens is 4. The first-order valence-electron chi connectivity index (χ1n) is 6.77. The highest BCUT2D eigenvalue weighted by molar-refractivity contribution is 7.92. The SMILES string of the molecule is O=C(O)CCN(c1cc(Cl)c(Cl)cc1Cl)S(=O)(=O)c1ccc(Cl)cc1. The van der Waals surface area contributed by atoms with E-state index in [9.17, 15) is 13.2 Å². The van der Waals surface area contributed by atoms with Gasteiger partial charge in [0.1, 0.15) is 0 Å². The summed E-state index contributed by atoms with van der Waals surface area (Å²) >= 11 is 23.7. The Morgan fingerprint density at radius 1 is 0.960 bits per heavy atom. The van der Waals surface area contributed by atoms with Crippen molar-refractivity contribution < 1.29 is 18.3 Å². The number of aliphatic carboxylic acids is 1. The first kappa shape index (κ1) is 20.1. The molecule has 0 radical (unpaired) electrons. The molecule has 0 bridgehead atoms. The molecule has 2 aromatic rings. The van der Waals surface area contributed by atoms with E-state index >= 15 is 0 Å². The minimum absolute atomic E-state index is 0.0253. The van der Waals surface area contributed by atoms with Crippen molar-refractivity contribution >= 4 is 68.1 Å². The van der Waals surface area contributed by atoms with Crippen molar-refractivity contribution in [2.24, 2.45) is 0 Å². The van der Waals surface area contributed by atoms with Crippen LogP contribution in [0.1, 0.15) is 6.42 Å². The van der Waals surface area contributed by atoms with E-state index in [-0.39, 0.29) is 32.2 Å². The molecule has 0 heterocycles. The van der Waals surface area contributed by atoms with Gasteiger partial charge in [-0.25, -0.2) is 8.42 Å². The van der Waals surface area contributed by atoms with Crippen molar-refractivity contribution in [2.75, 3.05) is 10.8 Å². The van der Waals surface area contributed by atoms with Crippen molar-refractivity contribution in [3.05, 3.63) is 56.5 Å². The Morgan fingerprint density at radius 2 is 1.52 bits per heavy atom. The molecule has 0 saturated heterocycles. The number of benzene rings is 2.